The number of hydrogen-bond acceptors (Lipinski definition) is 13. The molecule has 68 heavy (non-hydrogen) atoms. The van der Waals surface area contributed by atoms with E-state index in [4.69, 9.17) is 21.4 Å². The molecule has 6 N–H and O–H groups in total. The van der Waals surface area contributed by atoms with Crippen LogP contribution < -0.4 is 35.8 Å². The quantitative estimate of drug-likeness (QED) is 0.0296. The summed E-state index contributed by atoms with van der Waals surface area (Å²) in [6, 6.07) is 26.0. The number of thiophene rings is 1. The molecule has 5 aromatic rings. The van der Waals surface area contributed by atoms with Crippen LogP contribution in [0, 0.1) is 0 Å². The Morgan fingerprint density at radius 1 is 0.897 bits per heavy atom. The van der Waals surface area contributed by atoms with E-state index in [9.17, 15) is 29.1 Å². The molecule has 0 bridgehead atoms. The molecule has 0 aliphatic carbocycles. The van der Waals surface area contributed by atoms with Crippen molar-refractivity contribution in [3.05, 3.63) is 99.9 Å². The van der Waals surface area contributed by atoms with Crippen molar-refractivity contribution >= 4 is 98.1 Å². The molecule has 15 nitrogen and oxygen atoms in total. The SMILES string of the molecule is CC1(C)CC(Nc2cccc(-c3sc(C(=O)O)c(OCC(=O)O)c3Cl)c2)CCN1SCc1cccc(NCCNC2CCN(c3ccc4c5c(cccc35)C(=O)N4C3CCC(=O)NC3=O)CC2)c1. The van der Waals surface area contributed by atoms with Gasteiger partial charge in [-0.15, -0.1) is 11.3 Å². The summed E-state index contributed by atoms with van der Waals surface area (Å²) in [4.78, 5) is 65.6. The topological polar surface area (TPSA) is 193 Å². The molecule has 4 aliphatic rings. The van der Waals surface area contributed by atoms with Crippen LogP contribution in [0.3, 0.4) is 0 Å². The van der Waals surface area contributed by atoms with Crippen LogP contribution in [0.1, 0.15) is 78.0 Å². The first kappa shape index (κ1) is 47.2. The third-order valence-electron chi connectivity index (χ3n) is 13.2. The van der Waals surface area contributed by atoms with Crippen molar-refractivity contribution in [2.45, 2.75) is 81.8 Å². The van der Waals surface area contributed by atoms with E-state index in [2.05, 4.69) is 80.7 Å². The molecule has 2 atom stereocenters. The average Bonchev–Trinajstić information content (AvgIpc) is 3.80. The Bertz CT molecular complexity index is 2780. The lowest BCUT2D eigenvalue weighted by atomic mass is 9.89. The van der Waals surface area contributed by atoms with Gasteiger partial charge in [0, 0.05) is 95.9 Å². The summed E-state index contributed by atoms with van der Waals surface area (Å²) < 4.78 is 7.75. The minimum atomic E-state index is -1.23. The van der Waals surface area contributed by atoms with Gasteiger partial charge in [0.05, 0.1) is 10.6 Å². The Balaban J connectivity index is 0.723. The van der Waals surface area contributed by atoms with Gasteiger partial charge in [0.1, 0.15) is 11.1 Å². The molecule has 9 rings (SSSR count). The molecule has 0 radical (unpaired) electrons. The number of carbonyl (C=O) groups excluding carboxylic acids is 3. The Labute approximate surface area is 407 Å². The first-order chi connectivity index (χ1) is 32.7. The van der Waals surface area contributed by atoms with E-state index in [1.165, 1.54) is 5.56 Å². The van der Waals surface area contributed by atoms with Crippen LogP contribution in [0.25, 0.3) is 21.2 Å². The van der Waals surface area contributed by atoms with Gasteiger partial charge in [-0.1, -0.05) is 59.9 Å². The number of carbonyl (C=O) groups is 5. The van der Waals surface area contributed by atoms with E-state index in [1.807, 2.05) is 54.4 Å². The predicted molar refractivity (Wildman–Crippen MR) is 269 cm³/mol. The van der Waals surface area contributed by atoms with Gasteiger partial charge in [0.15, 0.2) is 17.2 Å². The molecule has 4 aliphatic heterocycles. The zero-order chi connectivity index (χ0) is 47.7. The fourth-order valence-corrected chi connectivity index (χ4v) is 12.5. The molecule has 1 aromatic heterocycles. The molecule has 3 amide bonds. The molecule has 3 fully saturated rings. The third-order valence-corrected chi connectivity index (χ3v) is 16.3. The van der Waals surface area contributed by atoms with Crippen LogP contribution in [-0.2, 0) is 20.1 Å². The monoisotopic (exact) mass is 979 g/mol. The molecule has 4 aromatic carbocycles. The molecule has 0 spiro atoms. The molecule has 356 valence electrons. The van der Waals surface area contributed by atoms with Gasteiger partial charge >= 0.3 is 11.9 Å². The second-order valence-corrected chi connectivity index (χ2v) is 20.7. The number of carboxylic acids is 2. The van der Waals surface area contributed by atoms with Crippen LogP contribution in [0.4, 0.5) is 22.7 Å². The van der Waals surface area contributed by atoms with Crippen LogP contribution in [-0.4, -0.2) is 107 Å². The number of hydrogen-bond donors (Lipinski definition) is 6. The zero-order valence-electron chi connectivity index (χ0n) is 37.8. The number of piperidine rings is 3. The normalized spacial score (nSPS) is 19.6. The molecule has 5 heterocycles. The number of carboxylic acid groups (broad SMARTS) is 2. The predicted octanol–water partition coefficient (Wildman–Crippen LogP) is 8.32. The lowest BCUT2D eigenvalue weighted by Crippen LogP contribution is -2.53. The van der Waals surface area contributed by atoms with Crippen LogP contribution >= 0.6 is 34.9 Å². The number of benzene rings is 4. The lowest BCUT2D eigenvalue weighted by Gasteiger charge is -2.45. The van der Waals surface area contributed by atoms with Crippen molar-refractivity contribution in [2.24, 2.45) is 0 Å². The van der Waals surface area contributed by atoms with E-state index in [1.54, 1.807) is 4.90 Å². The Hall–Kier alpha value is -5.85. The summed E-state index contributed by atoms with van der Waals surface area (Å²) in [5.41, 5.74) is 6.28. The number of rotatable bonds is 17. The van der Waals surface area contributed by atoms with E-state index in [0.29, 0.717) is 28.5 Å². The molecule has 18 heteroatoms. The molecular weight excluding hydrogens is 926 g/mol. The van der Waals surface area contributed by atoms with E-state index >= 15 is 0 Å². The number of ether oxygens (including phenoxy) is 1. The third kappa shape index (κ3) is 9.99. The average molecular weight is 981 g/mol. The van der Waals surface area contributed by atoms with Gasteiger partial charge < -0.3 is 35.8 Å². The number of nitrogens with one attached hydrogen (secondary N) is 4. The number of anilines is 4. The number of aliphatic carboxylic acids is 1. The maximum absolute atomic E-state index is 13.6. The number of imide groups is 1. The highest BCUT2D eigenvalue weighted by atomic mass is 35.5. The van der Waals surface area contributed by atoms with Crippen molar-refractivity contribution < 1.29 is 38.9 Å². The Morgan fingerprint density at radius 2 is 1.65 bits per heavy atom. The highest BCUT2D eigenvalue weighted by Crippen LogP contribution is 2.47. The smallest absolute Gasteiger partial charge is 0.349 e. The number of amides is 3. The van der Waals surface area contributed by atoms with E-state index < -0.39 is 30.5 Å². The Kier molecular flexibility index (Phi) is 13.9. The van der Waals surface area contributed by atoms with Crippen LogP contribution in [0.15, 0.2) is 78.9 Å². The van der Waals surface area contributed by atoms with Crippen molar-refractivity contribution in [1.29, 1.82) is 0 Å². The Morgan fingerprint density at radius 3 is 2.41 bits per heavy atom. The van der Waals surface area contributed by atoms with E-state index in [0.717, 1.165) is 109 Å². The number of nitrogens with zero attached hydrogens (tertiary/aromatic N) is 3. The second kappa shape index (κ2) is 20.0. The van der Waals surface area contributed by atoms with Crippen molar-refractivity contribution in [3.63, 3.8) is 0 Å². The van der Waals surface area contributed by atoms with Gasteiger partial charge in [-0.2, -0.15) is 0 Å². The minimum Gasteiger partial charge on any atom is -0.479 e. The summed E-state index contributed by atoms with van der Waals surface area (Å²) in [6.45, 7) is 8.15. The van der Waals surface area contributed by atoms with Crippen LogP contribution in [0.5, 0.6) is 5.75 Å². The standard InChI is InChI=1S/C50H54ClN7O8S2/c1-50(2)26-34(54-33-9-4-7-30(25-33)45-43(51)44(66-27-41(60)61)46(68-45)49(64)65)18-23-57(50)67-28-29-6-3-8-32(24-29)53-20-19-52-31-16-21-56(22-17-31)37-12-13-38-42-35(37)10-5-11-36(42)48(63)58(38)39-14-15-40(59)55-47(39)62/h3-13,24-25,31,34,39,52-54H,14-23,26-28H2,1-2H3,(H,60,61)(H,64,65)(H,55,59,62). The van der Waals surface area contributed by atoms with Crippen molar-refractivity contribution in [2.75, 3.05) is 59.8 Å². The number of halogens is 1. The summed E-state index contributed by atoms with van der Waals surface area (Å²) in [6.07, 6.45) is 4.35. The van der Waals surface area contributed by atoms with Gasteiger partial charge in [0.2, 0.25) is 11.8 Å². The lowest BCUT2D eigenvalue weighted by molar-refractivity contribution is -0.139. The largest absolute Gasteiger partial charge is 0.479 e. The van der Waals surface area contributed by atoms with Gasteiger partial charge in [0.25, 0.3) is 5.91 Å². The zero-order valence-corrected chi connectivity index (χ0v) is 40.2. The first-order valence-corrected chi connectivity index (χ1v) is 25.1. The van der Waals surface area contributed by atoms with Crippen molar-refractivity contribution in [1.82, 2.24) is 14.9 Å². The first-order valence-electron chi connectivity index (χ1n) is 23.0. The van der Waals surface area contributed by atoms with Gasteiger partial charge in [-0.3, -0.25) is 24.6 Å². The van der Waals surface area contributed by atoms with Gasteiger partial charge in [-0.05, 0) is 99.5 Å². The second-order valence-electron chi connectivity index (χ2n) is 18.3. The minimum absolute atomic E-state index is 0.0814. The number of aromatic carboxylic acids is 1. The fourth-order valence-electron chi connectivity index (χ4n) is 9.95. The summed E-state index contributed by atoms with van der Waals surface area (Å²) in [5.74, 6) is -2.66. The van der Waals surface area contributed by atoms with E-state index in [-0.39, 0.29) is 45.5 Å². The summed E-state index contributed by atoms with van der Waals surface area (Å²) in [7, 11) is 0. The molecular formula is C50H54ClN7O8S2. The van der Waals surface area contributed by atoms with Crippen LogP contribution in [0.2, 0.25) is 5.02 Å². The highest BCUT2D eigenvalue weighted by Gasteiger charge is 2.41. The fraction of sp³-hybridized carbons (Fsp3) is 0.380. The summed E-state index contributed by atoms with van der Waals surface area (Å²) in [5, 5.41) is 34.2. The van der Waals surface area contributed by atoms with Crippen molar-refractivity contribution in [3.8, 4) is 16.2 Å². The maximum atomic E-state index is 13.6. The highest BCUT2D eigenvalue weighted by molar-refractivity contribution is 7.96. The molecule has 2 unspecified atom stereocenters. The van der Waals surface area contributed by atoms with Gasteiger partial charge in [-0.25, -0.2) is 13.9 Å². The molecule has 0 saturated carbocycles. The summed E-state index contributed by atoms with van der Waals surface area (Å²) >= 11 is 9.38. The molecule has 3 saturated heterocycles. The maximum Gasteiger partial charge on any atom is 0.349 e.